The molecule has 4 nitrogen and oxygen atoms in total. The molecule has 0 atom stereocenters. The molecule has 3 N–H and O–H groups in total. The summed E-state index contributed by atoms with van der Waals surface area (Å²) in [5.74, 6) is 6.59. The maximum atomic E-state index is 9.59. The second-order valence-electron chi connectivity index (χ2n) is 4.52. The van der Waals surface area contributed by atoms with Gasteiger partial charge in [-0.05, 0) is 37.7 Å². The van der Waals surface area contributed by atoms with Gasteiger partial charge in [-0.3, -0.25) is 4.68 Å². The average Bonchev–Trinajstić information content (AvgIpc) is 2.63. The molecule has 0 spiro atoms. The highest BCUT2D eigenvalue weighted by Gasteiger charge is 2.28. The molecule has 1 aromatic rings. The number of nitrogens with two attached hydrogens (primary N) is 1. The van der Waals surface area contributed by atoms with Gasteiger partial charge >= 0.3 is 0 Å². The van der Waals surface area contributed by atoms with Gasteiger partial charge in [0.05, 0.1) is 0 Å². The number of hydrogen-bond acceptors (Lipinski definition) is 3. The van der Waals surface area contributed by atoms with Crippen molar-refractivity contribution in [3.8, 4) is 11.8 Å². The zero-order valence-corrected chi connectivity index (χ0v) is 9.48. The van der Waals surface area contributed by atoms with Gasteiger partial charge in [0.1, 0.15) is 11.4 Å². The van der Waals surface area contributed by atoms with Crippen LogP contribution in [0.25, 0.3) is 0 Å². The maximum Gasteiger partial charge on any atom is 0.135 e. The van der Waals surface area contributed by atoms with Crippen LogP contribution in [0.15, 0.2) is 12.3 Å². The largest absolute Gasteiger partial charge is 0.376 e. The number of aromatic nitrogens is 2. The van der Waals surface area contributed by atoms with Gasteiger partial charge < -0.3 is 10.8 Å². The normalized spacial score (nSPS) is 29.6. The summed E-state index contributed by atoms with van der Waals surface area (Å²) in [5, 5.41) is 13.8. The van der Waals surface area contributed by atoms with Crippen LogP contribution in [0.4, 0.5) is 0 Å². The lowest BCUT2D eigenvalue weighted by molar-refractivity contribution is 0.00295. The molecule has 1 aliphatic carbocycles. The van der Waals surface area contributed by atoms with Crippen molar-refractivity contribution >= 4 is 0 Å². The number of aryl methyl sites for hydroxylation is 1. The Balaban J connectivity index is 1.94. The SMILES string of the molecule is Cn1ccc(C#CC2CCC(N)(O)CC2)n1. The first-order chi connectivity index (χ1) is 7.55. The maximum absolute atomic E-state index is 9.59. The van der Waals surface area contributed by atoms with Crippen LogP contribution in [0.5, 0.6) is 0 Å². The van der Waals surface area contributed by atoms with Gasteiger partial charge in [-0.2, -0.15) is 5.10 Å². The molecule has 1 saturated carbocycles. The first-order valence-electron chi connectivity index (χ1n) is 5.58. The van der Waals surface area contributed by atoms with E-state index >= 15 is 0 Å². The fraction of sp³-hybridized carbons (Fsp3) is 0.583. The highest BCUT2D eigenvalue weighted by molar-refractivity contribution is 5.26. The fourth-order valence-electron chi connectivity index (χ4n) is 1.92. The summed E-state index contributed by atoms with van der Waals surface area (Å²) < 4.78 is 1.74. The summed E-state index contributed by atoms with van der Waals surface area (Å²) in [7, 11) is 1.88. The van der Waals surface area contributed by atoms with Crippen LogP contribution in [0, 0.1) is 17.8 Å². The zero-order chi connectivity index (χ0) is 11.6. The molecule has 16 heavy (non-hydrogen) atoms. The van der Waals surface area contributed by atoms with Gasteiger partial charge in [0.2, 0.25) is 0 Å². The first-order valence-corrected chi connectivity index (χ1v) is 5.58. The lowest BCUT2D eigenvalue weighted by Crippen LogP contribution is -2.42. The Bertz CT molecular complexity index is 415. The highest BCUT2D eigenvalue weighted by atomic mass is 16.3. The highest BCUT2D eigenvalue weighted by Crippen LogP contribution is 2.27. The van der Waals surface area contributed by atoms with E-state index in [4.69, 9.17) is 5.73 Å². The zero-order valence-electron chi connectivity index (χ0n) is 9.48. The Morgan fingerprint density at radius 1 is 1.56 bits per heavy atom. The van der Waals surface area contributed by atoms with E-state index < -0.39 is 5.72 Å². The van der Waals surface area contributed by atoms with E-state index in [1.165, 1.54) is 0 Å². The Morgan fingerprint density at radius 3 is 2.81 bits per heavy atom. The van der Waals surface area contributed by atoms with E-state index in [0.29, 0.717) is 18.8 Å². The predicted octanol–water partition coefficient (Wildman–Crippen LogP) is 0.609. The molecule has 0 radical (unpaired) electrons. The molecular weight excluding hydrogens is 202 g/mol. The number of rotatable bonds is 0. The minimum atomic E-state index is -0.969. The molecule has 1 aliphatic rings. The third kappa shape index (κ3) is 2.84. The predicted molar refractivity (Wildman–Crippen MR) is 61.2 cm³/mol. The summed E-state index contributed by atoms with van der Waals surface area (Å²) in [6.07, 6.45) is 4.88. The van der Waals surface area contributed by atoms with Gasteiger partial charge in [0.25, 0.3) is 0 Å². The van der Waals surface area contributed by atoms with Crippen molar-refractivity contribution in [2.24, 2.45) is 18.7 Å². The van der Waals surface area contributed by atoms with Crippen LogP contribution in [-0.2, 0) is 7.05 Å². The van der Waals surface area contributed by atoms with Crippen molar-refractivity contribution in [3.63, 3.8) is 0 Å². The summed E-state index contributed by atoms with van der Waals surface area (Å²) in [6, 6.07) is 1.90. The molecule has 1 heterocycles. The van der Waals surface area contributed by atoms with Crippen molar-refractivity contribution in [2.45, 2.75) is 31.4 Å². The van der Waals surface area contributed by atoms with Crippen LogP contribution < -0.4 is 5.73 Å². The molecular formula is C12H17N3O. The standard InChI is InChI=1S/C12H17N3O/c1-15-9-6-11(14-15)3-2-10-4-7-12(13,16)8-5-10/h6,9-10,16H,4-5,7-8,13H2,1H3. The van der Waals surface area contributed by atoms with Gasteiger partial charge in [-0.1, -0.05) is 5.92 Å². The third-order valence-electron chi connectivity index (χ3n) is 2.97. The molecule has 1 aromatic heterocycles. The second-order valence-corrected chi connectivity index (χ2v) is 4.52. The summed E-state index contributed by atoms with van der Waals surface area (Å²) in [4.78, 5) is 0. The monoisotopic (exact) mass is 219 g/mol. The molecule has 86 valence electrons. The first kappa shape index (κ1) is 11.2. The van der Waals surface area contributed by atoms with E-state index in [2.05, 4.69) is 16.9 Å². The van der Waals surface area contributed by atoms with E-state index in [9.17, 15) is 5.11 Å². The molecule has 0 aliphatic heterocycles. The van der Waals surface area contributed by atoms with Crippen LogP contribution in [0.1, 0.15) is 31.4 Å². The minimum Gasteiger partial charge on any atom is -0.376 e. The van der Waals surface area contributed by atoms with Crippen molar-refractivity contribution in [3.05, 3.63) is 18.0 Å². The molecule has 0 amide bonds. The van der Waals surface area contributed by atoms with Crippen molar-refractivity contribution < 1.29 is 5.11 Å². The number of nitrogens with zero attached hydrogens (tertiary/aromatic N) is 2. The Hall–Kier alpha value is -1.31. The Labute approximate surface area is 95.5 Å². The van der Waals surface area contributed by atoms with Crippen molar-refractivity contribution in [2.75, 3.05) is 0 Å². The van der Waals surface area contributed by atoms with Crippen molar-refractivity contribution in [1.82, 2.24) is 9.78 Å². The lowest BCUT2D eigenvalue weighted by Gasteiger charge is -2.30. The Kier molecular flexibility index (Phi) is 2.99. The van der Waals surface area contributed by atoms with Gasteiger partial charge in [0.15, 0.2) is 0 Å². The molecule has 1 fully saturated rings. The summed E-state index contributed by atoms with van der Waals surface area (Å²) >= 11 is 0. The second kappa shape index (κ2) is 4.28. The van der Waals surface area contributed by atoms with Crippen LogP contribution in [0.3, 0.4) is 0 Å². The van der Waals surface area contributed by atoms with E-state index in [1.807, 2.05) is 19.3 Å². The molecule has 0 aromatic carbocycles. The smallest absolute Gasteiger partial charge is 0.135 e. The minimum absolute atomic E-state index is 0.339. The molecule has 0 saturated heterocycles. The van der Waals surface area contributed by atoms with Crippen LogP contribution >= 0.6 is 0 Å². The average molecular weight is 219 g/mol. The van der Waals surface area contributed by atoms with Crippen molar-refractivity contribution in [1.29, 1.82) is 0 Å². The van der Waals surface area contributed by atoms with E-state index in [1.54, 1.807) is 4.68 Å². The quantitative estimate of drug-likeness (QED) is 0.496. The van der Waals surface area contributed by atoms with E-state index in [-0.39, 0.29) is 0 Å². The summed E-state index contributed by atoms with van der Waals surface area (Å²) in [5.41, 5.74) is 5.48. The third-order valence-corrected chi connectivity index (χ3v) is 2.97. The van der Waals surface area contributed by atoms with Gasteiger partial charge in [0, 0.05) is 19.2 Å². The van der Waals surface area contributed by atoms with Gasteiger partial charge in [-0.25, -0.2) is 0 Å². The Morgan fingerprint density at radius 2 is 2.25 bits per heavy atom. The molecule has 0 unspecified atom stereocenters. The molecule has 4 heteroatoms. The number of aliphatic hydroxyl groups is 1. The van der Waals surface area contributed by atoms with E-state index in [0.717, 1.165) is 18.5 Å². The fourth-order valence-corrected chi connectivity index (χ4v) is 1.92. The van der Waals surface area contributed by atoms with Crippen LogP contribution in [-0.4, -0.2) is 20.6 Å². The summed E-state index contributed by atoms with van der Waals surface area (Å²) in [6.45, 7) is 0. The molecule has 0 bridgehead atoms. The van der Waals surface area contributed by atoms with Crippen LogP contribution in [0.2, 0.25) is 0 Å². The van der Waals surface area contributed by atoms with Gasteiger partial charge in [-0.15, -0.1) is 0 Å². The molecule has 2 rings (SSSR count). The lowest BCUT2D eigenvalue weighted by atomic mass is 9.84. The number of hydrogen-bond donors (Lipinski definition) is 2. The topological polar surface area (TPSA) is 64.1 Å².